The maximum atomic E-state index is 9.72. The van der Waals surface area contributed by atoms with Gasteiger partial charge in [-0.25, -0.2) is 9.59 Å². The topological polar surface area (TPSA) is 66.7 Å². The number of nitrogens with zero attached hydrogens (tertiary/aromatic N) is 1. The highest BCUT2D eigenvalue weighted by molar-refractivity contribution is 5.86. The summed E-state index contributed by atoms with van der Waals surface area (Å²) >= 11 is 0. The average Bonchev–Trinajstić information content (AvgIpc) is 1.86. The average molecular weight is 169 g/mol. The van der Waals surface area contributed by atoms with Gasteiger partial charge in [-0.2, -0.15) is 4.99 Å². The van der Waals surface area contributed by atoms with Crippen LogP contribution in [0, 0.1) is 0 Å². The molecule has 0 atom stereocenters. The Balaban J connectivity index is 0. The molecule has 0 fully saturated rings. The van der Waals surface area contributed by atoms with E-state index in [0.717, 1.165) is 6.08 Å². The lowest BCUT2D eigenvalue weighted by Crippen LogP contribution is -1.94. The molecule has 0 aliphatic heterocycles. The van der Waals surface area contributed by atoms with Gasteiger partial charge in [-0.3, -0.25) is 0 Å². The van der Waals surface area contributed by atoms with E-state index in [4.69, 9.17) is 5.11 Å². The van der Waals surface area contributed by atoms with Gasteiger partial charge < -0.3 is 5.11 Å². The highest BCUT2D eigenvalue weighted by Crippen LogP contribution is 1.86. The Kier molecular flexibility index (Phi) is 8.03. The Hall–Kier alpha value is -1.67. The number of hydrogen-bond donors (Lipinski definition) is 1. The highest BCUT2D eigenvalue weighted by Gasteiger charge is 1.97. The van der Waals surface area contributed by atoms with Crippen LogP contribution in [0.1, 0.15) is 13.8 Å². The van der Waals surface area contributed by atoms with Crippen molar-refractivity contribution in [2.45, 2.75) is 13.8 Å². The molecular weight excluding hydrogens is 158 g/mol. The molecule has 0 saturated heterocycles. The third-order valence-corrected chi connectivity index (χ3v) is 0.427. The number of aliphatic imine (C=N–C) groups is 1. The van der Waals surface area contributed by atoms with Crippen LogP contribution in [0.25, 0.3) is 0 Å². The van der Waals surface area contributed by atoms with Crippen LogP contribution in [0.2, 0.25) is 0 Å². The van der Waals surface area contributed by atoms with Crippen molar-refractivity contribution in [3.63, 3.8) is 0 Å². The fraction of sp³-hybridized carbons (Fsp3) is 0.250. The molecule has 0 unspecified atom stereocenters. The lowest BCUT2D eigenvalue weighted by Gasteiger charge is -1.80. The van der Waals surface area contributed by atoms with Gasteiger partial charge >= 0.3 is 5.97 Å². The minimum Gasteiger partial charge on any atom is -0.477 e. The quantitative estimate of drug-likeness (QED) is 0.295. The van der Waals surface area contributed by atoms with Crippen molar-refractivity contribution in [3.8, 4) is 0 Å². The number of aliphatic carboxylic acids is 1. The van der Waals surface area contributed by atoms with Gasteiger partial charge in [0.15, 0.2) is 5.70 Å². The number of rotatable bonds is 2. The van der Waals surface area contributed by atoms with Crippen LogP contribution in [0.3, 0.4) is 0 Å². The van der Waals surface area contributed by atoms with Crippen LogP contribution in [-0.2, 0) is 9.59 Å². The van der Waals surface area contributed by atoms with E-state index in [0.29, 0.717) is 0 Å². The Morgan fingerprint density at radius 1 is 1.42 bits per heavy atom. The molecule has 66 valence electrons. The van der Waals surface area contributed by atoms with Crippen LogP contribution in [0.5, 0.6) is 0 Å². The first-order valence-electron chi connectivity index (χ1n) is 3.04. The van der Waals surface area contributed by atoms with Crippen LogP contribution in [0.15, 0.2) is 29.4 Å². The van der Waals surface area contributed by atoms with Crippen molar-refractivity contribution >= 4 is 12.0 Å². The fourth-order valence-electron chi connectivity index (χ4n) is 0.103. The molecule has 0 aromatic carbocycles. The normalized spacial score (nSPS) is 6.83. The Bertz CT molecular complexity index is 229. The third-order valence-electron chi connectivity index (χ3n) is 0.427. The largest absolute Gasteiger partial charge is 0.477 e. The number of carbonyl (C=O) groups is 1. The predicted octanol–water partition coefficient (Wildman–Crippen LogP) is 1.50. The van der Waals surface area contributed by atoms with E-state index in [1.807, 2.05) is 13.8 Å². The molecule has 12 heavy (non-hydrogen) atoms. The molecule has 0 aliphatic rings. The lowest BCUT2D eigenvalue weighted by atomic mass is 10.4. The minimum atomic E-state index is -1.31. The second-order valence-electron chi connectivity index (χ2n) is 2.16. The van der Waals surface area contributed by atoms with E-state index >= 15 is 0 Å². The summed E-state index contributed by atoms with van der Waals surface area (Å²) in [5.74, 6) is -1.31. The smallest absolute Gasteiger partial charge is 0.354 e. The zero-order valence-electron chi connectivity index (χ0n) is 7.13. The number of hydrogen-bond acceptors (Lipinski definition) is 3. The molecule has 0 aromatic heterocycles. The lowest BCUT2D eigenvalue weighted by molar-refractivity contribution is -0.132. The van der Waals surface area contributed by atoms with Gasteiger partial charge in [-0.1, -0.05) is 12.2 Å². The van der Waals surface area contributed by atoms with Crippen LogP contribution >= 0.6 is 0 Å². The summed E-state index contributed by atoms with van der Waals surface area (Å²) in [6.45, 7) is 10.4. The van der Waals surface area contributed by atoms with E-state index in [1.165, 1.54) is 5.57 Å². The zero-order valence-corrected chi connectivity index (χ0v) is 7.13. The van der Waals surface area contributed by atoms with Crippen molar-refractivity contribution in [2.75, 3.05) is 0 Å². The molecule has 0 heterocycles. The molecule has 0 aromatic rings. The van der Waals surface area contributed by atoms with Crippen LogP contribution in [-0.4, -0.2) is 17.2 Å². The maximum Gasteiger partial charge on any atom is 0.354 e. The first-order chi connectivity index (χ1) is 5.41. The molecule has 4 nitrogen and oxygen atoms in total. The predicted molar refractivity (Wildman–Crippen MR) is 45.4 cm³/mol. The van der Waals surface area contributed by atoms with Crippen LogP contribution < -0.4 is 0 Å². The van der Waals surface area contributed by atoms with Crippen LogP contribution in [0.4, 0.5) is 0 Å². The van der Waals surface area contributed by atoms with Gasteiger partial charge in [0.2, 0.25) is 6.08 Å². The number of isocyanates is 1. The van der Waals surface area contributed by atoms with Gasteiger partial charge in [0.1, 0.15) is 0 Å². The fourth-order valence-corrected chi connectivity index (χ4v) is 0.103. The molecule has 0 bridgehead atoms. The molecule has 0 aliphatic carbocycles. The Morgan fingerprint density at radius 3 is 1.83 bits per heavy atom. The molecule has 0 saturated carbocycles. The summed E-state index contributed by atoms with van der Waals surface area (Å²) < 4.78 is 0. The number of carboxylic acids is 1. The minimum absolute atomic E-state index is 0.500. The van der Waals surface area contributed by atoms with Gasteiger partial charge in [0.25, 0.3) is 0 Å². The second kappa shape index (κ2) is 7.44. The maximum absolute atomic E-state index is 9.72. The first-order valence-corrected chi connectivity index (χ1v) is 3.04. The number of allylic oxidation sites excluding steroid dienone is 1. The van der Waals surface area contributed by atoms with Gasteiger partial charge in [0.05, 0.1) is 0 Å². The molecule has 0 amide bonds. The Labute approximate surface area is 70.9 Å². The molecule has 4 heteroatoms. The molecular formula is C8H11NO3. The first kappa shape index (κ1) is 13.0. The monoisotopic (exact) mass is 169 g/mol. The summed E-state index contributed by atoms with van der Waals surface area (Å²) in [7, 11) is 0. The van der Waals surface area contributed by atoms with Crippen molar-refractivity contribution in [3.05, 3.63) is 24.4 Å². The Morgan fingerprint density at radius 2 is 1.75 bits per heavy atom. The summed E-state index contributed by atoms with van der Waals surface area (Å²) in [5, 5.41) is 7.94. The number of carbonyl (C=O) groups excluding carboxylic acids is 1. The highest BCUT2D eigenvalue weighted by atomic mass is 16.4. The summed E-state index contributed by atoms with van der Waals surface area (Å²) in [5.41, 5.74) is 0.667. The molecule has 1 N–H and O–H groups in total. The van der Waals surface area contributed by atoms with E-state index in [2.05, 4.69) is 18.2 Å². The van der Waals surface area contributed by atoms with Gasteiger partial charge in [-0.15, -0.1) is 6.58 Å². The van der Waals surface area contributed by atoms with Gasteiger partial charge in [-0.05, 0) is 13.8 Å². The molecule has 0 spiro atoms. The summed E-state index contributed by atoms with van der Waals surface area (Å²) in [4.78, 5) is 21.7. The standard InChI is InChI=1S/C4H3NO3.C4H8/c1-3(4(7)8)5-2-6;1-4(2)3/h1H2,(H,7,8);1H2,2-3H3. The molecule has 0 radical (unpaired) electrons. The van der Waals surface area contributed by atoms with Crippen molar-refractivity contribution < 1.29 is 14.7 Å². The van der Waals surface area contributed by atoms with E-state index in [1.54, 1.807) is 0 Å². The van der Waals surface area contributed by atoms with E-state index in [9.17, 15) is 9.59 Å². The van der Waals surface area contributed by atoms with Crippen molar-refractivity contribution in [2.24, 2.45) is 4.99 Å². The summed E-state index contributed by atoms with van der Waals surface area (Å²) in [6.07, 6.45) is 1.04. The van der Waals surface area contributed by atoms with Gasteiger partial charge in [0, 0.05) is 0 Å². The molecule has 0 rings (SSSR count). The number of carboxylic acid groups (broad SMARTS) is 1. The van der Waals surface area contributed by atoms with Crippen molar-refractivity contribution in [1.82, 2.24) is 0 Å². The van der Waals surface area contributed by atoms with E-state index in [-0.39, 0.29) is 0 Å². The SMILES string of the molecule is C=C(C)C.C=C(N=C=O)C(=O)O. The third kappa shape index (κ3) is 15.8. The second-order valence-corrected chi connectivity index (χ2v) is 2.16. The summed E-state index contributed by atoms with van der Waals surface area (Å²) in [6, 6.07) is 0. The van der Waals surface area contributed by atoms with Crippen molar-refractivity contribution in [1.29, 1.82) is 0 Å². The zero-order chi connectivity index (χ0) is 10.1. The van der Waals surface area contributed by atoms with E-state index < -0.39 is 11.7 Å².